The number of rotatable bonds is 2. The summed E-state index contributed by atoms with van der Waals surface area (Å²) in [4.78, 5) is 0. The maximum atomic E-state index is 6.43. The zero-order valence-electron chi connectivity index (χ0n) is 21.1. The number of aromatic nitrogens is 2. The van der Waals surface area contributed by atoms with Gasteiger partial charge in [-0.25, -0.2) is 0 Å². The van der Waals surface area contributed by atoms with E-state index in [1.165, 1.54) is 49.5 Å². The first kappa shape index (κ1) is 21.6. The van der Waals surface area contributed by atoms with E-state index in [0.29, 0.717) is 16.9 Å². The molecule has 3 heteroatoms. The predicted molar refractivity (Wildman–Crippen MR) is 136 cm³/mol. The van der Waals surface area contributed by atoms with Gasteiger partial charge >= 0.3 is 0 Å². The van der Waals surface area contributed by atoms with Crippen LogP contribution in [0.1, 0.15) is 85.1 Å². The lowest BCUT2D eigenvalue weighted by atomic mass is 9.47. The highest BCUT2D eigenvalue weighted by atomic mass is 16.5. The van der Waals surface area contributed by atoms with Crippen LogP contribution < -0.4 is 0 Å². The third-order valence-corrected chi connectivity index (χ3v) is 9.91. The van der Waals surface area contributed by atoms with Crippen molar-refractivity contribution in [3.63, 3.8) is 0 Å². The molecule has 4 aliphatic carbocycles. The molecule has 176 valence electrons. The first-order valence-corrected chi connectivity index (χ1v) is 13.2. The summed E-state index contributed by atoms with van der Waals surface area (Å²) in [5.41, 5.74) is 6.47. The van der Waals surface area contributed by atoms with Crippen molar-refractivity contribution in [2.45, 2.75) is 91.3 Å². The van der Waals surface area contributed by atoms with Crippen molar-refractivity contribution in [3.05, 3.63) is 47.7 Å². The fraction of sp³-hybridized carbons (Fsp3) is 0.633. The van der Waals surface area contributed by atoms with Gasteiger partial charge in [-0.05, 0) is 118 Å². The normalized spacial score (nSPS) is 38.3. The minimum atomic E-state index is -0.0474. The number of benzene rings is 1. The number of ether oxygens (including phenoxy) is 1. The fourth-order valence-corrected chi connectivity index (χ4v) is 8.35. The molecule has 6 atom stereocenters. The summed E-state index contributed by atoms with van der Waals surface area (Å²) in [6.45, 7) is 11.8. The van der Waals surface area contributed by atoms with Crippen LogP contribution in [-0.4, -0.2) is 21.9 Å². The Balaban J connectivity index is 1.26. The van der Waals surface area contributed by atoms with E-state index in [2.05, 4.69) is 75.2 Å². The fourth-order valence-electron chi connectivity index (χ4n) is 8.35. The predicted octanol–water partition coefficient (Wildman–Crippen LogP) is 7.70. The Labute approximate surface area is 199 Å². The molecule has 4 aliphatic rings. The summed E-state index contributed by atoms with van der Waals surface area (Å²) in [6, 6.07) is 6.86. The molecule has 2 fully saturated rings. The Kier molecular flexibility index (Phi) is 4.80. The number of nitrogens with zero attached hydrogens (tertiary/aromatic N) is 1. The SMILES string of the molecule is CC(C)(C)O[C@@H]1CC[C@@]2(C)C(=CC[C@@H]3[C@@H]2CC[C@]2(C)C(c4ccc5[nH]ncc5c4)=CC[C@@H]32)C1. The van der Waals surface area contributed by atoms with Crippen molar-refractivity contribution in [3.8, 4) is 0 Å². The maximum absolute atomic E-state index is 6.43. The number of hydrogen-bond acceptors (Lipinski definition) is 2. The Morgan fingerprint density at radius 1 is 1.00 bits per heavy atom. The van der Waals surface area contributed by atoms with E-state index in [4.69, 9.17) is 4.74 Å². The Morgan fingerprint density at radius 3 is 2.64 bits per heavy atom. The van der Waals surface area contributed by atoms with Crippen LogP contribution in [0.3, 0.4) is 0 Å². The van der Waals surface area contributed by atoms with Crippen LogP contribution in [0.2, 0.25) is 0 Å². The van der Waals surface area contributed by atoms with Crippen LogP contribution >= 0.6 is 0 Å². The Bertz CT molecular complexity index is 1130. The van der Waals surface area contributed by atoms with E-state index in [0.717, 1.165) is 29.7 Å². The molecule has 33 heavy (non-hydrogen) atoms. The number of nitrogens with one attached hydrogen (secondary N) is 1. The molecule has 1 N–H and O–H groups in total. The number of allylic oxidation sites excluding steroid dienone is 3. The molecule has 1 aromatic heterocycles. The van der Waals surface area contributed by atoms with Crippen molar-refractivity contribution < 1.29 is 4.74 Å². The summed E-state index contributed by atoms with van der Waals surface area (Å²) in [5, 5.41) is 8.56. The molecule has 0 amide bonds. The molecule has 0 spiro atoms. The van der Waals surface area contributed by atoms with Gasteiger partial charge in [-0.2, -0.15) is 5.10 Å². The van der Waals surface area contributed by atoms with Gasteiger partial charge in [-0.3, -0.25) is 5.10 Å². The summed E-state index contributed by atoms with van der Waals surface area (Å²) in [5.74, 6) is 2.41. The smallest absolute Gasteiger partial charge is 0.0650 e. The van der Waals surface area contributed by atoms with Crippen LogP contribution in [0.4, 0.5) is 0 Å². The van der Waals surface area contributed by atoms with Crippen LogP contribution in [-0.2, 0) is 4.74 Å². The third-order valence-electron chi connectivity index (χ3n) is 9.91. The highest BCUT2D eigenvalue weighted by Crippen LogP contribution is 2.66. The molecule has 0 unspecified atom stereocenters. The zero-order chi connectivity index (χ0) is 23.0. The first-order valence-electron chi connectivity index (χ1n) is 13.2. The van der Waals surface area contributed by atoms with Gasteiger partial charge in [0.2, 0.25) is 0 Å². The number of fused-ring (bicyclic) bond motifs is 6. The van der Waals surface area contributed by atoms with Crippen LogP contribution in [0, 0.1) is 28.6 Å². The third kappa shape index (κ3) is 3.37. The van der Waals surface area contributed by atoms with Crippen molar-refractivity contribution >= 4 is 16.5 Å². The summed E-state index contributed by atoms with van der Waals surface area (Å²) >= 11 is 0. The minimum Gasteiger partial charge on any atom is -0.372 e. The van der Waals surface area contributed by atoms with Crippen LogP contribution in [0.25, 0.3) is 16.5 Å². The summed E-state index contributed by atoms with van der Waals surface area (Å²) in [7, 11) is 0. The maximum Gasteiger partial charge on any atom is 0.0650 e. The molecule has 2 aromatic rings. The topological polar surface area (TPSA) is 37.9 Å². The molecule has 2 saturated carbocycles. The Hall–Kier alpha value is -1.87. The number of aromatic amines is 1. The molecule has 3 nitrogen and oxygen atoms in total. The average Bonchev–Trinajstić information content (AvgIpc) is 3.36. The molecule has 6 rings (SSSR count). The second-order valence-corrected chi connectivity index (χ2v) is 12.8. The van der Waals surface area contributed by atoms with Crippen LogP contribution in [0.15, 0.2) is 42.1 Å². The summed E-state index contributed by atoms with van der Waals surface area (Å²) in [6.07, 6.45) is 16.4. The molecular weight excluding hydrogens is 404 g/mol. The monoisotopic (exact) mass is 444 g/mol. The van der Waals surface area contributed by atoms with Gasteiger partial charge in [-0.15, -0.1) is 0 Å². The first-order chi connectivity index (χ1) is 15.7. The number of hydrogen-bond donors (Lipinski definition) is 1. The zero-order valence-corrected chi connectivity index (χ0v) is 21.1. The average molecular weight is 445 g/mol. The van der Waals surface area contributed by atoms with Crippen LogP contribution in [0.5, 0.6) is 0 Å². The van der Waals surface area contributed by atoms with Gasteiger partial charge in [-0.1, -0.05) is 37.6 Å². The van der Waals surface area contributed by atoms with Crippen molar-refractivity contribution in [2.24, 2.45) is 28.6 Å². The van der Waals surface area contributed by atoms with E-state index >= 15 is 0 Å². The van der Waals surface area contributed by atoms with Gasteiger partial charge < -0.3 is 4.74 Å². The molecule has 1 heterocycles. The molecule has 0 bridgehead atoms. The van der Waals surface area contributed by atoms with E-state index in [-0.39, 0.29) is 5.60 Å². The standard InChI is InChI=1S/C30H40N2O/c1-28(2,3)33-22-12-14-29(4)21(17-22)7-8-23-25-10-9-24(30(25,5)15-13-26(23)29)19-6-11-27-20(16-19)18-31-32-27/h6-7,9,11,16,18,22-23,25-26H,8,10,12-15,17H2,1-5H3,(H,31,32)/t22-,23+,25+,26+,29+,30-/m1/s1. The van der Waals surface area contributed by atoms with Crippen molar-refractivity contribution in [2.75, 3.05) is 0 Å². The van der Waals surface area contributed by atoms with E-state index < -0.39 is 0 Å². The Morgan fingerprint density at radius 2 is 1.82 bits per heavy atom. The molecule has 0 aliphatic heterocycles. The molecule has 1 aromatic carbocycles. The lowest BCUT2D eigenvalue weighted by molar-refractivity contribution is -0.0894. The second-order valence-electron chi connectivity index (χ2n) is 12.8. The molecule has 0 saturated heterocycles. The largest absolute Gasteiger partial charge is 0.372 e. The highest BCUT2D eigenvalue weighted by Gasteiger charge is 2.57. The highest BCUT2D eigenvalue weighted by molar-refractivity contribution is 5.84. The van der Waals surface area contributed by atoms with Gasteiger partial charge in [0, 0.05) is 5.39 Å². The van der Waals surface area contributed by atoms with E-state index in [1.54, 1.807) is 11.1 Å². The van der Waals surface area contributed by atoms with Gasteiger partial charge in [0.1, 0.15) is 0 Å². The van der Waals surface area contributed by atoms with Gasteiger partial charge in [0.05, 0.1) is 23.4 Å². The van der Waals surface area contributed by atoms with E-state index in [9.17, 15) is 0 Å². The van der Waals surface area contributed by atoms with E-state index in [1.807, 2.05) is 6.20 Å². The lowest BCUT2D eigenvalue weighted by Crippen LogP contribution is -2.50. The van der Waals surface area contributed by atoms with Crippen molar-refractivity contribution in [1.29, 1.82) is 0 Å². The molecular formula is C30H40N2O. The molecule has 0 radical (unpaired) electrons. The van der Waals surface area contributed by atoms with Crippen molar-refractivity contribution in [1.82, 2.24) is 10.2 Å². The van der Waals surface area contributed by atoms with Gasteiger partial charge in [0.25, 0.3) is 0 Å². The van der Waals surface area contributed by atoms with Gasteiger partial charge in [0.15, 0.2) is 0 Å². The second kappa shape index (κ2) is 7.31. The quantitative estimate of drug-likeness (QED) is 0.482. The number of H-pyrrole nitrogens is 1. The summed E-state index contributed by atoms with van der Waals surface area (Å²) < 4.78 is 6.43. The minimum absolute atomic E-state index is 0.0474. The lowest BCUT2D eigenvalue weighted by Gasteiger charge is -2.58.